The minimum Gasteiger partial charge on any atom is -0.497 e. The minimum atomic E-state index is -0.539. The molecule has 2 aliphatic rings. The normalized spacial score (nSPS) is 22.0. The quantitative estimate of drug-likeness (QED) is 0.631. The minimum absolute atomic E-state index is 0.337. The maximum atomic E-state index is 12.3. The Bertz CT molecular complexity index is 766. The second-order valence-electron chi connectivity index (χ2n) is 5.17. The molecule has 22 heavy (non-hydrogen) atoms. The van der Waals surface area contributed by atoms with E-state index in [2.05, 4.69) is 5.16 Å². The first kappa shape index (κ1) is 12.9. The molecule has 0 bridgehead atoms. The number of oxime groups is 1. The molecule has 2 aromatic rings. The highest BCUT2D eigenvalue weighted by atomic mass is 16.6. The molecule has 2 heterocycles. The van der Waals surface area contributed by atoms with Gasteiger partial charge in [0.15, 0.2) is 6.10 Å². The Morgan fingerprint density at radius 2 is 1.86 bits per heavy atom. The van der Waals surface area contributed by atoms with Crippen molar-refractivity contribution in [3.05, 3.63) is 59.7 Å². The van der Waals surface area contributed by atoms with Crippen LogP contribution < -0.4 is 9.47 Å². The van der Waals surface area contributed by atoms with Crippen molar-refractivity contribution in [2.75, 3.05) is 7.11 Å². The zero-order valence-corrected chi connectivity index (χ0v) is 11.9. The molecular weight excluding hydrogens is 282 g/mol. The van der Waals surface area contributed by atoms with Gasteiger partial charge in [-0.1, -0.05) is 29.4 Å². The molecule has 0 aromatic heterocycles. The maximum Gasteiger partial charge on any atom is 0.324 e. The average Bonchev–Trinajstić information content (AvgIpc) is 3.01. The molecule has 2 aromatic carbocycles. The van der Waals surface area contributed by atoms with Crippen LogP contribution >= 0.6 is 0 Å². The van der Waals surface area contributed by atoms with Crippen molar-refractivity contribution in [1.29, 1.82) is 0 Å². The largest absolute Gasteiger partial charge is 0.497 e. The Morgan fingerprint density at radius 1 is 1.09 bits per heavy atom. The van der Waals surface area contributed by atoms with Gasteiger partial charge in [-0.05, 0) is 29.8 Å². The van der Waals surface area contributed by atoms with Crippen molar-refractivity contribution in [3.8, 4) is 11.5 Å². The maximum absolute atomic E-state index is 12.3. The standard InChI is InChI=1S/C17H13NO4/c1-20-11-8-6-10(7-9-11)16-14-15(18-22-16)12-4-2-3-5-13(12)21-17(14)19/h2-9,14,16H,1H3. The Kier molecular flexibility index (Phi) is 2.85. The van der Waals surface area contributed by atoms with Crippen LogP contribution in [0.1, 0.15) is 17.2 Å². The molecule has 0 amide bonds. The van der Waals surface area contributed by atoms with E-state index in [0.717, 1.165) is 16.9 Å². The van der Waals surface area contributed by atoms with Crippen LogP contribution in [0.15, 0.2) is 53.7 Å². The number of ether oxygens (including phenoxy) is 2. The van der Waals surface area contributed by atoms with Gasteiger partial charge < -0.3 is 14.3 Å². The van der Waals surface area contributed by atoms with E-state index in [1.807, 2.05) is 42.5 Å². The third-order valence-corrected chi connectivity index (χ3v) is 3.93. The van der Waals surface area contributed by atoms with Gasteiger partial charge in [-0.25, -0.2) is 0 Å². The summed E-state index contributed by atoms with van der Waals surface area (Å²) in [5.74, 6) is 0.403. The number of hydrogen-bond acceptors (Lipinski definition) is 5. The van der Waals surface area contributed by atoms with E-state index in [9.17, 15) is 4.79 Å². The smallest absolute Gasteiger partial charge is 0.324 e. The number of carbonyl (C=O) groups excluding carboxylic acids is 1. The van der Waals surface area contributed by atoms with Crippen molar-refractivity contribution in [1.82, 2.24) is 0 Å². The lowest BCUT2D eigenvalue weighted by Crippen LogP contribution is -2.35. The second kappa shape index (κ2) is 4.87. The first-order valence-electron chi connectivity index (χ1n) is 6.96. The molecule has 5 nitrogen and oxygen atoms in total. The van der Waals surface area contributed by atoms with Crippen LogP contribution in [0.4, 0.5) is 0 Å². The Morgan fingerprint density at radius 3 is 2.64 bits per heavy atom. The van der Waals surface area contributed by atoms with E-state index < -0.39 is 12.0 Å². The molecule has 2 atom stereocenters. The van der Waals surface area contributed by atoms with E-state index in [-0.39, 0.29) is 5.97 Å². The monoisotopic (exact) mass is 295 g/mol. The van der Waals surface area contributed by atoms with Gasteiger partial charge in [0.05, 0.1) is 7.11 Å². The molecule has 2 unspecified atom stereocenters. The van der Waals surface area contributed by atoms with Crippen LogP contribution in [-0.4, -0.2) is 18.8 Å². The molecule has 0 fully saturated rings. The van der Waals surface area contributed by atoms with Crippen molar-refractivity contribution >= 4 is 11.7 Å². The summed E-state index contributed by atoms with van der Waals surface area (Å²) >= 11 is 0. The highest BCUT2D eigenvalue weighted by molar-refractivity contribution is 6.17. The lowest BCUT2D eigenvalue weighted by Gasteiger charge is -2.23. The highest BCUT2D eigenvalue weighted by Gasteiger charge is 2.46. The fourth-order valence-electron chi connectivity index (χ4n) is 2.81. The molecule has 0 saturated carbocycles. The Balaban J connectivity index is 1.71. The van der Waals surface area contributed by atoms with E-state index in [1.54, 1.807) is 13.2 Å². The molecule has 0 aliphatic carbocycles. The number of esters is 1. The predicted octanol–water partition coefficient (Wildman–Crippen LogP) is 2.71. The topological polar surface area (TPSA) is 57.1 Å². The van der Waals surface area contributed by atoms with Gasteiger partial charge in [0.2, 0.25) is 0 Å². The lowest BCUT2D eigenvalue weighted by molar-refractivity contribution is -0.140. The number of benzene rings is 2. The summed E-state index contributed by atoms with van der Waals surface area (Å²) in [6, 6.07) is 14.8. The SMILES string of the molecule is COc1ccc(C2ON=C3c4ccccc4OC(=O)C32)cc1. The van der Waals surface area contributed by atoms with Crippen molar-refractivity contribution in [2.24, 2.45) is 11.1 Å². The van der Waals surface area contributed by atoms with Gasteiger partial charge in [0.1, 0.15) is 23.1 Å². The molecule has 0 spiro atoms. The van der Waals surface area contributed by atoms with Crippen LogP contribution in [0.2, 0.25) is 0 Å². The fourth-order valence-corrected chi connectivity index (χ4v) is 2.81. The van der Waals surface area contributed by atoms with Crippen LogP contribution in [-0.2, 0) is 9.63 Å². The van der Waals surface area contributed by atoms with Crippen molar-refractivity contribution in [3.63, 3.8) is 0 Å². The average molecular weight is 295 g/mol. The number of methoxy groups -OCH3 is 1. The summed E-state index contributed by atoms with van der Waals surface area (Å²) in [4.78, 5) is 17.9. The van der Waals surface area contributed by atoms with Crippen LogP contribution in [0.25, 0.3) is 0 Å². The lowest BCUT2D eigenvalue weighted by atomic mass is 9.87. The fraction of sp³-hybridized carbons (Fsp3) is 0.176. The number of carbonyl (C=O) groups is 1. The second-order valence-corrected chi connectivity index (χ2v) is 5.17. The number of fused-ring (bicyclic) bond motifs is 3. The molecule has 5 heteroatoms. The third kappa shape index (κ3) is 1.86. The molecule has 0 saturated heterocycles. The highest BCUT2D eigenvalue weighted by Crippen LogP contribution is 2.41. The number of nitrogens with zero attached hydrogens (tertiary/aromatic N) is 1. The first-order valence-corrected chi connectivity index (χ1v) is 6.96. The van der Waals surface area contributed by atoms with Crippen molar-refractivity contribution < 1.29 is 19.1 Å². The number of para-hydroxylation sites is 1. The molecule has 0 radical (unpaired) electrons. The summed E-state index contributed by atoms with van der Waals surface area (Å²) in [5.41, 5.74) is 2.30. The van der Waals surface area contributed by atoms with Gasteiger partial charge in [-0.15, -0.1) is 0 Å². The molecule has 4 rings (SSSR count). The van der Waals surface area contributed by atoms with E-state index >= 15 is 0 Å². The van der Waals surface area contributed by atoms with Crippen molar-refractivity contribution in [2.45, 2.75) is 6.10 Å². The molecule has 110 valence electrons. The number of hydrogen-bond donors (Lipinski definition) is 0. The third-order valence-electron chi connectivity index (χ3n) is 3.93. The van der Waals surface area contributed by atoms with E-state index in [4.69, 9.17) is 14.3 Å². The van der Waals surface area contributed by atoms with Crippen LogP contribution in [0.3, 0.4) is 0 Å². The molecule has 0 N–H and O–H groups in total. The Hall–Kier alpha value is -2.82. The molecular formula is C17H13NO4. The van der Waals surface area contributed by atoms with Gasteiger partial charge in [0, 0.05) is 5.56 Å². The Labute approximate surface area is 127 Å². The first-order chi connectivity index (χ1) is 10.8. The van der Waals surface area contributed by atoms with Gasteiger partial charge in [-0.2, -0.15) is 0 Å². The van der Waals surface area contributed by atoms with Gasteiger partial charge >= 0.3 is 5.97 Å². The summed E-state index contributed by atoms with van der Waals surface area (Å²) in [6.45, 7) is 0. The summed E-state index contributed by atoms with van der Waals surface area (Å²) < 4.78 is 10.6. The summed E-state index contributed by atoms with van der Waals surface area (Å²) in [5, 5.41) is 4.13. The summed E-state index contributed by atoms with van der Waals surface area (Å²) in [6.07, 6.45) is -0.471. The van der Waals surface area contributed by atoms with E-state index in [1.165, 1.54) is 0 Å². The van der Waals surface area contributed by atoms with Crippen LogP contribution in [0, 0.1) is 5.92 Å². The van der Waals surface area contributed by atoms with Gasteiger partial charge in [-0.3, -0.25) is 4.79 Å². The van der Waals surface area contributed by atoms with E-state index in [0.29, 0.717) is 11.5 Å². The van der Waals surface area contributed by atoms with Crippen LogP contribution in [0.5, 0.6) is 11.5 Å². The zero-order chi connectivity index (χ0) is 15.1. The zero-order valence-electron chi connectivity index (χ0n) is 11.9. The van der Waals surface area contributed by atoms with Gasteiger partial charge in [0.25, 0.3) is 0 Å². The number of rotatable bonds is 2. The molecule has 2 aliphatic heterocycles. The summed E-state index contributed by atoms with van der Waals surface area (Å²) in [7, 11) is 1.61. The predicted molar refractivity (Wildman–Crippen MR) is 78.9 cm³/mol.